The van der Waals surface area contributed by atoms with Crippen LogP contribution in [0.5, 0.6) is 5.75 Å². The van der Waals surface area contributed by atoms with Crippen LogP contribution in [-0.2, 0) is 4.79 Å². The number of halogens is 3. The molecule has 0 heterocycles. The average molecular weight is 282 g/mol. The Morgan fingerprint density at radius 2 is 1.80 bits per heavy atom. The normalized spacial score (nSPS) is 10.3. The summed E-state index contributed by atoms with van der Waals surface area (Å²) in [6, 6.07) is 10.9. The van der Waals surface area contributed by atoms with E-state index in [2.05, 4.69) is 5.92 Å². The molecule has 104 valence electrons. The first kappa shape index (κ1) is 15.4. The summed E-state index contributed by atoms with van der Waals surface area (Å²) < 4.78 is 31.7. The van der Waals surface area contributed by atoms with Crippen molar-refractivity contribution in [2.45, 2.75) is 6.18 Å². The Balaban J connectivity index is 0.000000246. The van der Waals surface area contributed by atoms with E-state index in [9.17, 15) is 18.3 Å². The maximum Gasteiger partial charge on any atom is 0.490 e. The molecule has 0 saturated heterocycles. The van der Waals surface area contributed by atoms with Gasteiger partial charge in [-0.15, -0.1) is 6.42 Å². The van der Waals surface area contributed by atoms with Gasteiger partial charge in [-0.3, -0.25) is 0 Å². The summed E-state index contributed by atoms with van der Waals surface area (Å²) in [5, 5.41) is 18.3. The van der Waals surface area contributed by atoms with Gasteiger partial charge in [-0.1, -0.05) is 18.1 Å². The van der Waals surface area contributed by atoms with Gasteiger partial charge in [-0.25, -0.2) is 4.79 Å². The third-order valence-corrected chi connectivity index (χ3v) is 2.26. The number of terminal acetylenes is 1. The zero-order valence-electron chi connectivity index (χ0n) is 9.98. The van der Waals surface area contributed by atoms with Crippen LogP contribution in [-0.4, -0.2) is 22.4 Å². The number of aromatic hydroxyl groups is 1. The Hall–Kier alpha value is -2.68. The van der Waals surface area contributed by atoms with Crippen LogP contribution in [0.3, 0.4) is 0 Å². The number of carbonyl (C=O) groups is 1. The lowest BCUT2D eigenvalue weighted by molar-refractivity contribution is -0.192. The highest BCUT2D eigenvalue weighted by Gasteiger charge is 2.38. The highest BCUT2D eigenvalue weighted by molar-refractivity contribution is 5.89. The number of benzene rings is 2. The number of carboxylic acid groups (broad SMARTS) is 1. The van der Waals surface area contributed by atoms with Crippen molar-refractivity contribution in [3.63, 3.8) is 0 Å². The van der Waals surface area contributed by atoms with E-state index in [0.717, 1.165) is 16.3 Å². The van der Waals surface area contributed by atoms with Crippen LogP contribution >= 0.6 is 0 Å². The fraction of sp³-hybridized carbons (Fsp3) is 0.0714. The van der Waals surface area contributed by atoms with Gasteiger partial charge in [0, 0.05) is 5.56 Å². The van der Waals surface area contributed by atoms with Gasteiger partial charge in [0.25, 0.3) is 0 Å². The molecule has 2 aromatic carbocycles. The maximum absolute atomic E-state index is 10.6. The summed E-state index contributed by atoms with van der Waals surface area (Å²) in [4.78, 5) is 8.90. The zero-order chi connectivity index (χ0) is 15.3. The molecule has 0 amide bonds. The summed E-state index contributed by atoms with van der Waals surface area (Å²) in [5.74, 6) is 0.116. The van der Waals surface area contributed by atoms with E-state index in [-0.39, 0.29) is 5.75 Å². The maximum atomic E-state index is 10.6. The molecular weight excluding hydrogens is 273 g/mol. The topological polar surface area (TPSA) is 57.5 Å². The minimum Gasteiger partial charge on any atom is -0.508 e. The molecule has 2 N–H and O–H groups in total. The van der Waals surface area contributed by atoms with Crippen molar-refractivity contribution >= 4 is 16.7 Å². The van der Waals surface area contributed by atoms with Crippen LogP contribution in [0.1, 0.15) is 5.56 Å². The monoisotopic (exact) mass is 282 g/mol. The van der Waals surface area contributed by atoms with Crippen molar-refractivity contribution in [1.82, 2.24) is 0 Å². The van der Waals surface area contributed by atoms with Crippen molar-refractivity contribution in [3.05, 3.63) is 42.0 Å². The highest BCUT2D eigenvalue weighted by atomic mass is 19.4. The van der Waals surface area contributed by atoms with Crippen LogP contribution in [0.2, 0.25) is 0 Å². The van der Waals surface area contributed by atoms with Gasteiger partial charge in [0.2, 0.25) is 0 Å². The van der Waals surface area contributed by atoms with Crippen LogP contribution in [0, 0.1) is 12.3 Å². The van der Waals surface area contributed by atoms with Gasteiger partial charge in [0.05, 0.1) is 0 Å². The Morgan fingerprint density at radius 3 is 2.30 bits per heavy atom. The Labute approximate surface area is 112 Å². The molecule has 0 aliphatic carbocycles. The van der Waals surface area contributed by atoms with Gasteiger partial charge in [0.1, 0.15) is 5.75 Å². The molecule has 0 bridgehead atoms. The predicted molar refractivity (Wildman–Crippen MR) is 67.2 cm³/mol. The third kappa shape index (κ3) is 3.92. The molecular formula is C14H9F3O3. The summed E-state index contributed by atoms with van der Waals surface area (Å²) in [6.07, 6.45) is 0.258. The molecule has 0 unspecified atom stereocenters. The quantitative estimate of drug-likeness (QED) is 0.730. The van der Waals surface area contributed by atoms with E-state index < -0.39 is 12.1 Å². The lowest BCUT2D eigenvalue weighted by atomic mass is 10.1. The lowest BCUT2D eigenvalue weighted by Gasteiger charge is -2.00. The number of carboxylic acids is 1. The predicted octanol–water partition coefficient (Wildman–Crippen LogP) is 3.16. The number of phenolic OH excluding ortho intramolecular Hbond substituents is 1. The van der Waals surface area contributed by atoms with Crippen molar-refractivity contribution in [1.29, 1.82) is 0 Å². The second-order valence-corrected chi connectivity index (χ2v) is 3.66. The van der Waals surface area contributed by atoms with E-state index in [1.165, 1.54) is 0 Å². The molecule has 20 heavy (non-hydrogen) atoms. The van der Waals surface area contributed by atoms with Crippen LogP contribution < -0.4 is 0 Å². The molecule has 0 saturated carbocycles. The third-order valence-electron chi connectivity index (χ3n) is 2.26. The van der Waals surface area contributed by atoms with Gasteiger partial charge in [-0.05, 0) is 35.0 Å². The first-order chi connectivity index (χ1) is 9.25. The van der Waals surface area contributed by atoms with Crippen LogP contribution in [0.4, 0.5) is 13.2 Å². The molecule has 0 atom stereocenters. The van der Waals surface area contributed by atoms with E-state index in [1.807, 2.05) is 24.3 Å². The Morgan fingerprint density at radius 1 is 1.20 bits per heavy atom. The molecule has 0 aliphatic heterocycles. The number of alkyl halides is 3. The number of hydrogen-bond acceptors (Lipinski definition) is 2. The average Bonchev–Trinajstić information content (AvgIpc) is 2.37. The molecule has 0 radical (unpaired) electrons. The molecule has 6 heteroatoms. The fourth-order valence-electron chi connectivity index (χ4n) is 1.40. The van der Waals surface area contributed by atoms with Gasteiger partial charge < -0.3 is 10.2 Å². The van der Waals surface area contributed by atoms with Gasteiger partial charge >= 0.3 is 12.1 Å². The molecule has 0 aliphatic rings. The summed E-state index contributed by atoms with van der Waals surface area (Å²) in [5.41, 5.74) is 0.859. The highest BCUT2D eigenvalue weighted by Crippen LogP contribution is 2.22. The first-order valence-corrected chi connectivity index (χ1v) is 5.24. The van der Waals surface area contributed by atoms with Crippen LogP contribution in [0.25, 0.3) is 10.8 Å². The van der Waals surface area contributed by atoms with Crippen molar-refractivity contribution in [3.8, 4) is 18.1 Å². The van der Waals surface area contributed by atoms with E-state index in [4.69, 9.17) is 16.3 Å². The number of hydrogen-bond donors (Lipinski definition) is 2. The summed E-state index contributed by atoms with van der Waals surface area (Å²) in [6.45, 7) is 0. The lowest BCUT2D eigenvalue weighted by Crippen LogP contribution is -2.21. The zero-order valence-corrected chi connectivity index (χ0v) is 9.98. The van der Waals surface area contributed by atoms with Gasteiger partial charge in [0.15, 0.2) is 0 Å². The summed E-state index contributed by atoms with van der Waals surface area (Å²) >= 11 is 0. The number of aliphatic carboxylic acids is 1. The second kappa shape index (κ2) is 5.97. The SMILES string of the molecule is C#Cc1cccc2cc(O)ccc12.O=C(O)C(F)(F)F. The van der Waals surface area contributed by atoms with E-state index in [1.54, 1.807) is 12.1 Å². The Bertz CT molecular complexity index is 669. The second-order valence-electron chi connectivity index (χ2n) is 3.66. The summed E-state index contributed by atoms with van der Waals surface area (Å²) in [7, 11) is 0. The minimum atomic E-state index is -5.08. The van der Waals surface area contributed by atoms with Crippen molar-refractivity contribution in [2.75, 3.05) is 0 Å². The Kier molecular flexibility index (Phi) is 4.59. The van der Waals surface area contributed by atoms with Gasteiger partial charge in [-0.2, -0.15) is 13.2 Å². The standard InChI is InChI=1S/C12H8O.C2HF3O2/c1-2-9-4-3-5-10-8-11(13)6-7-12(9)10;3-2(4,5)1(6)7/h1,3-8,13H;(H,6,7). The molecule has 0 aromatic heterocycles. The molecule has 3 nitrogen and oxygen atoms in total. The van der Waals surface area contributed by atoms with E-state index in [0.29, 0.717) is 0 Å². The fourth-order valence-corrected chi connectivity index (χ4v) is 1.40. The molecule has 2 rings (SSSR count). The van der Waals surface area contributed by atoms with Crippen molar-refractivity contribution < 1.29 is 28.2 Å². The molecule has 0 fully saturated rings. The molecule has 0 spiro atoms. The van der Waals surface area contributed by atoms with Crippen LogP contribution in [0.15, 0.2) is 36.4 Å². The number of phenols is 1. The smallest absolute Gasteiger partial charge is 0.490 e. The number of rotatable bonds is 0. The minimum absolute atomic E-state index is 0.265. The first-order valence-electron chi connectivity index (χ1n) is 5.24. The molecule has 2 aromatic rings. The number of fused-ring (bicyclic) bond motifs is 1. The largest absolute Gasteiger partial charge is 0.508 e. The van der Waals surface area contributed by atoms with Crippen molar-refractivity contribution in [2.24, 2.45) is 0 Å². The van der Waals surface area contributed by atoms with E-state index >= 15 is 0 Å².